The van der Waals surface area contributed by atoms with Gasteiger partial charge < -0.3 is 20.2 Å². The fourth-order valence-corrected chi connectivity index (χ4v) is 4.69. The molecule has 2 N–H and O–H groups in total. The Hall–Kier alpha value is -5.83. The van der Waals surface area contributed by atoms with Gasteiger partial charge in [-0.05, 0) is 56.8 Å². The maximum Gasteiger partial charge on any atom is 0.177 e. The van der Waals surface area contributed by atoms with Gasteiger partial charge in [-0.15, -0.1) is 53.6 Å². The van der Waals surface area contributed by atoms with Crippen molar-refractivity contribution in [1.82, 2.24) is 9.97 Å². The van der Waals surface area contributed by atoms with Crippen molar-refractivity contribution in [3.8, 4) is 22.5 Å². The van der Waals surface area contributed by atoms with E-state index >= 15 is 0 Å². The molecule has 0 fully saturated rings. The van der Waals surface area contributed by atoms with Crippen LogP contribution in [0, 0.1) is 17.9 Å². The Balaban J connectivity index is 0.000000420. The Labute approximate surface area is 359 Å². The quantitative estimate of drug-likeness (QED) is 0.0667. The maximum absolute atomic E-state index is 13.9. The second-order valence-electron chi connectivity index (χ2n) is 11.7. The van der Waals surface area contributed by atoms with Gasteiger partial charge in [0.15, 0.2) is 23.1 Å². The standard InChI is InChI=1S/C18H11FNO.C18H12NO.2C5H8O2.2Ir/c19-16-10-9-14(17-8-4-5-11-20-17)12-15(16)18(21)13-6-2-1-3-7-13;20-18(14-7-2-1-3-8-14)16-10-6-9-15(13-16)17-11-4-5-12-19-17;2*1-4(6)3-5(2)7;;/h1-8,10-12H;1-8,10-13H;2*3,6H,1-2H3;;/q2*-1;;;;. The van der Waals surface area contributed by atoms with Gasteiger partial charge in [-0.25, -0.2) is 0 Å². The van der Waals surface area contributed by atoms with Crippen LogP contribution in [0.15, 0.2) is 163 Å². The zero-order chi connectivity index (χ0) is 40.2. The Bertz CT molecular complexity index is 2220. The fraction of sp³-hybridized carbons (Fsp3) is 0.0870. The van der Waals surface area contributed by atoms with Crippen molar-refractivity contribution in [2.75, 3.05) is 0 Å². The van der Waals surface area contributed by atoms with Crippen molar-refractivity contribution in [1.29, 1.82) is 0 Å². The summed E-state index contributed by atoms with van der Waals surface area (Å²) in [6, 6.07) is 43.0. The van der Waals surface area contributed by atoms with Crippen LogP contribution in [0.25, 0.3) is 22.5 Å². The van der Waals surface area contributed by atoms with Gasteiger partial charge in [0.25, 0.3) is 0 Å². The molecule has 0 saturated heterocycles. The number of allylic oxidation sites excluding steroid dienone is 4. The van der Waals surface area contributed by atoms with Crippen LogP contribution in [0.1, 0.15) is 59.5 Å². The fourth-order valence-electron chi connectivity index (χ4n) is 4.69. The first-order chi connectivity index (χ1) is 26.3. The molecule has 296 valence electrons. The first-order valence-electron chi connectivity index (χ1n) is 16.9. The third-order valence-electron chi connectivity index (χ3n) is 6.99. The number of ketones is 4. The van der Waals surface area contributed by atoms with Crippen LogP contribution >= 0.6 is 0 Å². The molecule has 2 aromatic heterocycles. The zero-order valence-corrected chi connectivity index (χ0v) is 36.2. The number of carbonyl (C=O) groups excluding carboxylic acids is 4. The first-order valence-corrected chi connectivity index (χ1v) is 16.9. The Kier molecular flexibility index (Phi) is 22.5. The van der Waals surface area contributed by atoms with Gasteiger partial charge in [-0.2, -0.15) is 0 Å². The van der Waals surface area contributed by atoms with E-state index in [0.717, 1.165) is 11.3 Å². The number of aliphatic hydroxyl groups is 2. The average Bonchev–Trinajstić information content (AvgIpc) is 3.18. The van der Waals surface area contributed by atoms with Gasteiger partial charge in [0.1, 0.15) is 0 Å². The molecule has 4 aromatic carbocycles. The summed E-state index contributed by atoms with van der Waals surface area (Å²) in [5, 5.41) is 16.7. The monoisotopic (exact) mass is 1120 g/mol. The van der Waals surface area contributed by atoms with E-state index in [2.05, 4.69) is 22.1 Å². The first kappa shape index (κ1) is 49.2. The third-order valence-corrected chi connectivity index (χ3v) is 6.99. The topological polar surface area (TPSA) is 135 Å². The van der Waals surface area contributed by atoms with Crippen molar-refractivity contribution < 1.29 is 74.0 Å². The number of hydrogen-bond donors (Lipinski definition) is 2. The maximum atomic E-state index is 13.9. The molecule has 0 aliphatic heterocycles. The molecular weight excluding hydrogens is 1080 g/mol. The molecule has 0 unspecified atom stereocenters. The number of carbonyl (C=O) groups is 4. The largest absolute Gasteiger partial charge is 0.512 e. The molecule has 6 aromatic rings. The molecule has 0 spiro atoms. The number of pyridine rings is 2. The van der Waals surface area contributed by atoms with E-state index in [0.29, 0.717) is 27.9 Å². The minimum absolute atomic E-state index is 0. The van der Waals surface area contributed by atoms with Crippen LogP contribution in [0.5, 0.6) is 0 Å². The summed E-state index contributed by atoms with van der Waals surface area (Å²) in [5.74, 6) is -1.04. The van der Waals surface area contributed by atoms with Crippen LogP contribution in [-0.2, 0) is 49.8 Å². The van der Waals surface area contributed by atoms with E-state index in [-0.39, 0.29) is 80.4 Å². The molecule has 0 bridgehead atoms. The number of benzene rings is 4. The van der Waals surface area contributed by atoms with Crippen molar-refractivity contribution >= 4 is 23.1 Å². The molecule has 2 heterocycles. The summed E-state index contributed by atoms with van der Waals surface area (Å²) in [6.45, 7) is 5.70. The molecular formula is C46H39FIr2N2O6-2. The molecule has 8 nitrogen and oxygen atoms in total. The number of nitrogens with zero attached hydrogens (tertiary/aromatic N) is 2. The van der Waals surface area contributed by atoms with E-state index in [1.54, 1.807) is 60.9 Å². The molecule has 0 amide bonds. The molecule has 0 atom stereocenters. The second-order valence-corrected chi connectivity index (χ2v) is 11.7. The predicted octanol–water partition coefficient (Wildman–Crippen LogP) is 9.77. The number of hydrogen-bond acceptors (Lipinski definition) is 8. The number of halogens is 1. The van der Waals surface area contributed by atoms with Gasteiger partial charge in [0, 0.05) is 81.7 Å². The summed E-state index contributed by atoms with van der Waals surface area (Å²) in [4.78, 5) is 53.3. The van der Waals surface area contributed by atoms with Crippen LogP contribution in [0.3, 0.4) is 0 Å². The van der Waals surface area contributed by atoms with Crippen molar-refractivity contribution in [2.24, 2.45) is 0 Å². The van der Waals surface area contributed by atoms with Crippen LogP contribution in [0.4, 0.5) is 4.39 Å². The normalized spacial score (nSPS) is 10.2. The summed E-state index contributed by atoms with van der Waals surface area (Å²) in [5.41, 5.74) is 4.70. The van der Waals surface area contributed by atoms with E-state index < -0.39 is 5.82 Å². The Morgan fingerprint density at radius 2 is 1.00 bits per heavy atom. The number of aliphatic hydroxyl groups excluding tert-OH is 2. The third kappa shape index (κ3) is 17.7. The molecule has 6 rings (SSSR count). The van der Waals surface area contributed by atoms with E-state index in [1.165, 1.54) is 52.0 Å². The van der Waals surface area contributed by atoms with Gasteiger partial charge in [-0.3, -0.25) is 23.6 Å². The summed E-state index contributed by atoms with van der Waals surface area (Å²) in [7, 11) is 0. The summed E-state index contributed by atoms with van der Waals surface area (Å²) >= 11 is 0. The van der Waals surface area contributed by atoms with E-state index in [9.17, 15) is 23.6 Å². The minimum atomic E-state index is -0.580. The summed E-state index contributed by atoms with van der Waals surface area (Å²) < 4.78 is 13.9. The zero-order valence-electron chi connectivity index (χ0n) is 31.4. The minimum Gasteiger partial charge on any atom is -0.512 e. The SMILES string of the molecule is CC(=O)C=C(C)O.CC(=O)C=C(C)O.O=C(c1ccccc1)c1cc(-c2ccccn2)[c-]cc1F.O=C(c1ccccc1)c1cc[c-]c(-c2ccccn2)c1.[Ir].[Ir]. The molecule has 0 aliphatic rings. The van der Waals surface area contributed by atoms with Crippen molar-refractivity contribution in [3.05, 3.63) is 204 Å². The molecule has 57 heavy (non-hydrogen) atoms. The summed E-state index contributed by atoms with van der Waals surface area (Å²) in [6.07, 6.45) is 5.71. The van der Waals surface area contributed by atoms with Gasteiger partial charge >= 0.3 is 0 Å². The van der Waals surface area contributed by atoms with Gasteiger partial charge in [0.05, 0.1) is 11.5 Å². The van der Waals surface area contributed by atoms with Crippen molar-refractivity contribution in [2.45, 2.75) is 27.7 Å². The second kappa shape index (κ2) is 26.1. The molecule has 0 saturated carbocycles. The number of aromatic nitrogens is 2. The van der Waals surface area contributed by atoms with Gasteiger partial charge in [0.2, 0.25) is 0 Å². The van der Waals surface area contributed by atoms with Gasteiger partial charge in [-0.1, -0.05) is 90.5 Å². The number of rotatable bonds is 8. The van der Waals surface area contributed by atoms with E-state index in [1.807, 2.05) is 66.7 Å². The van der Waals surface area contributed by atoms with Crippen molar-refractivity contribution in [3.63, 3.8) is 0 Å². The smallest absolute Gasteiger partial charge is 0.177 e. The molecule has 0 aliphatic carbocycles. The van der Waals surface area contributed by atoms with Crippen LogP contribution < -0.4 is 0 Å². The Morgan fingerprint density at radius 3 is 1.40 bits per heavy atom. The van der Waals surface area contributed by atoms with Crippen LogP contribution in [-0.4, -0.2) is 43.3 Å². The average molecular weight is 1120 g/mol. The molecule has 11 heteroatoms. The Morgan fingerprint density at radius 1 is 0.561 bits per heavy atom. The van der Waals surface area contributed by atoms with Crippen LogP contribution in [0.2, 0.25) is 0 Å². The molecule has 2 radical (unpaired) electrons. The predicted molar refractivity (Wildman–Crippen MR) is 211 cm³/mol. The van der Waals surface area contributed by atoms with E-state index in [4.69, 9.17) is 10.2 Å².